The van der Waals surface area contributed by atoms with Gasteiger partial charge in [-0.05, 0) is 56.0 Å². The average molecular weight is 379 g/mol. The summed E-state index contributed by atoms with van der Waals surface area (Å²) in [6, 6.07) is 8.71. The maximum atomic E-state index is 13.1. The van der Waals surface area contributed by atoms with Crippen LogP contribution in [-0.2, 0) is 10.0 Å². The largest absolute Gasteiger partial charge is 0.497 e. The van der Waals surface area contributed by atoms with Gasteiger partial charge in [-0.15, -0.1) is 0 Å². The van der Waals surface area contributed by atoms with E-state index in [1.807, 2.05) is 16.4 Å². The third-order valence-electron chi connectivity index (χ3n) is 6.61. The molecule has 4 aliphatic heterocycles. The Balaban J connectivity index is 1.67. The van der Waals surface area contributed by atoms with Gasteiger partial charge < -0.3 is 4.74 Å². The summed E-state index contributed by atoms with van der Waals surface area (Å²) in [5.74, 6) is 1.91. The van der Waals surface area contributed by atoms with Gasteiger partial charge in [-0.1, -0.05) is 25.5 Å². The summed E-state index contributed by atoms with van der Waals surface area (Å²) < 4.78 is 33.4. The van der Waals surface area contributed by atoms with E-state index in [9.17, 15) is 8.42 Å². The number of unbranched alkanes of at least 4 members (excludes halogenated alkanes) is 1. The van der Waals surface area contributed by atoms with Crippen molar-refractivity contribution in [1.29, 1.82) is 0 Å². The van der Waals surface area contributed by atoms with Crippen LogP contribution in [-0.4, -0.2) is 62.2 Å². The molecule has 4 fully saturated rings. The first kappa shape index (κ1) is 18.3. The molecule has 0 spiro atoms. The van der Waals surface area contributed by atoms with E-state index in [1.54, 1.807) is 7.11 Å². The molecule has 5 nitrogen and oxygen atoms in total. The first-order chi connectivity index (χ1) is 12.5. The molecule has 5 rings (SSSR count). The molecule has 0 aliphatic carbocycles. The standard InChI is InChI=1S/C20H30N2O3S/c1-3-4-13-26(23,24)22-14-18(15-5-7-17(25-2)8-6-15)20-19(22)16-9-11-21(20)12-10-16/h5-8,16,18-20H,3-4,9-14H2,1-2H3/t18-,19+,20+/m0/s1. The number of benzene rings is 1. The lowest BCUT2D eigenvalue weighted by molar-refractivity contribution is 0.0123. The molecule has 1 aromatic carbocycles. The minimum absolute atomic E-state index is 0.159. The maximum absolute atomic E-state index is 13.1. The van der Waals surface area contributed by atoms with Crippen LogP contribution in [0.25, 0.3) is 0 Å². The van der Waals surface area contributed by atoms with Crippen molar-refractivity contribution in [2.24, 2.45) is 5.92 Å². The Morgan fingerprint density at radius 1 is 1.12 bits per heavy atom. The second-order valence-electron chi connectivity index (χ2n) is 7.97. The zero-order valence-corrected chi connectivity index (χ0v) is 16.6. The molecular formula is C20H30N2O3S. The molecule has 4 aliphatic rings. The fourth-order valence-corrected chi connectivity index (χ4v) is 7.22. The van der Waals surface area contributed by atoms with Gasteiger partial charge in [-0.2, -0.15) is 4.31 Å². The van der Waals surface area contributed by atoms with E-state index in [2.05, 4.69) is 24.0 Å². The van der Waals surface area contributed by atoms with Gasteiger partial charge in [0.15, 0.2) is 0 Å². The number of sulfonamides is 1. The van der Waals surface area contributed by atoms with Crippen molar-refractivity contribution in [2.75, 3.05) is 32.5 Å². The van der Waals surface area contributed by atoms with Gasteiger partial charge in [0.05, 0.1) is 12.9 Å². The number of methoxy groups -OCH3 is 1. The first-order valence-electron chi connectivity index (χ1n) is 9.92. The number of fused-ring (bicyclic) bond motifs is 2. The van der Waals surface area contributed by atoms with Crippen LogP contribution in [0.3, 0.4) is 0 Å². The molecule has 0 N–H and O–H groups in total. The highest BCUT2D eigenvalue weighted by Crippen LogP contribution is 2.47. The van der Waals surface area contributed by atoms with Crippen LogP contribution in [0.5, 0.6) is 5.75 Å². The molecule has 0 unspecified atom stereocenters. The van der Waals surface area contributed by atoms with Crippen molar-refractivity contribution in [3.05, 3.63) is 29.8 Å². The minimum atomic E-state index is -3.19. The molecular weight excluding hydrogens is 348 g/mol. The van der Waals surface area contributed by atoms with E-state index in [0.717, 1.165) is 44.5 Å². The summed E-state index contributed by atoms with van der Waals surface area (Å²) in [6.07, 6.45) is 3.93. The van der Waals surface area contributed by atoms with Gasteiger partial charge in [-0.3, -0.25) is 4.90 Å². The summed E-state index contributed by atoms with van der Waals surface area (Å²) in [5.41, 5.74) is 1.24. The lowest BCUT2D eigenvalue weighted by Crippen LogP contribution is -2.60. The monoisotopic (exact) mass is 378 g/mol. The molecule has 2 bridgehead atoms. The number of nitrogens with zero attached hydrogens (tertiary/aromatic N) is 2. The van der Waals surface area contributed by atoms with E-state index < -0.39 is 10.0 Å². The van der Waals surface area contributed by atoms with Crippen molar-refractivity contribution in [2.45, 2.75) is 50.6 Å². The Hall–Kier alpha value is -1.11. The molecule has 6 heteroatoms. The SMILES string of the molecule is CCCCS(=O)(=O)N1C[C@@H](c2ccc(OC)cc2)[C@@H]2[C@H]1C1CCN2CC1. The van der Waals surface area contributed by atoms with Crippen LogP contribution < -0.4 is 4.74 Å². The van der Waals surface area contributed by atoms with Crippen LogP contribution in [0.4, 0.5) is 0 Å². The smallest absolute Gasteiger partial charge is 0.214 e. The van der Waals surface area contributed by atoms with Gasteiger partial charge in [0.1, 0.15) is 5.75 Å². The molecule has 4 saturated heterocycles. The molecule has 26 heavy (non-hydrogen) atoms. The molecule has 144 valence electrons. The molecule has 0 amide bonds. The number of piperidine rings is 3. The summed E-state index contributed by atoms with van der Waals surface area (Å²) in [6.45, 7) is 4.90. The average Bonchev–Trinajstić information content (AvgIpc) is 3.11. The van der Waals surface area contributed by atoms with Crippen molar-refractivity contribution in [3.8, 4) is 5.75 Å². The highest BCUT2D eigenvalue weighted by molar-refractivity contribution is 7.89. The highest BCUT2D eigenvalue weighted by Gasteiger charge is 2.56. The van der Waals surface area contributed by atoms with Crippen molar-refractivity contribution in [3.63, 3.8) is 0 Å². The normalized spacial score (nSPS) is 34.0. The van der Waals surface area contributed by atoms with Gasteiger partial charge in [-0.25, -0.2) is 8.42 Å². The molecule has 0 radical (unpaired) electrons. The van der Waals surface area contributed by atoms with E-state index in [1.165, 1.54) is 5.56 Å². The Labute approximate surface area is 157 Å². The Bertz CT molecular complexity index is 726. The van der Waals surface area contributed by atoms with Crippen LogP contribution in [0, 0.1) is 5.92 Å². The number of hydrogen-bond acceptors (Lipinski definition) is 4. The van der Waals surface area contributed by atoms with Gasteiger partial charge >= 0.3 is 0 Å². The van der Waals surface area contributed by atoms with Crippen LogP contribution in [0.1, 0.15) is 44.1 Å². The van der Waals surface area contributed by atoms with E-state index in [0.29, 0.717) is 18.5 Å². The quantitative estimate of drug-likeness (QED) is 0.764. The molecule has 0 aromatic heterocycles. The Kier molecular flexibility index (Phi) is 5.01. The molecule has 0 saturated carbocycles. The molecule has 1 aromatic rings. The zero-order chi connectivity index (χ0) is 18.3. The third-order valence-corrected chi connectivity index (χ3v) is 8.52. The van der Waals surface area contributed by atoms with Gasteiger partial charge in [0.2, 0.25) is 10.0 Å². The lowest BCUT2D eigenvalue weighted by atomic mass is 9.75. The predicted octanol–water partition coefficient (Wildman–Crippen LogP) is 2.69. The van der Waals surface area contributed by atoms with Crippen molar-refractivity contribution >= 4 is 10.0 Å². The third kappa shape index (κ3) is 3.06. The number of ether oxygens (including phenoxy) is 1. The van der Waals surface area contributed by atoms with Gasteiger partial charge in [0.25, 0.3) is 0 Å². The fourth-order valence-electron chi connectivity index (χ4n) is 5.27. The van der Waals surface area contributed by atoms with E-state index >= 15 is 0 Å². The van der Waals surface area contributed by atoms with Crippen molar-refractivity contribution < 1.29 is 13.2 Å². The topological polar surface area (TPSA) is 49.9 Å². The van der Waals surface area contributed by atoms with E-state index in [-0.39, 0.29) is 17.7 Å². The van der Waals surface area contributed by atoms with Crippen LogP contribution in [0.15, 0.2) is 24.3 Å². The number of rotatable bonds is 6. The summed E-state index contributed by atoms with van der Waals surface area (Å²) in [5, 5.41) is 0. The number of hydrogen-bond donors (Lipinski definition) is 0. The Morgan fingerprint density at radius 3 is 2.42 bits per heavy atom. The predicted molar refractivity (Wildman–Crippen MR) is 103 cm³/mol. The highest BCUT2D eigenvalue weighted by atomic mass is 32.2. The Morgan fingerprint density at radius 2 is 1.81 bits per heavy atom. The summed E-state index contributed by atoms with van der Waals surface area (Å²) in [4.78, 5) is 2.55. The fraction of sp³-hybridized carbons (Fsp3) is 0.700. The summed E-state index contributed by atoms with van der Waals surface area (Å²) in [7, 11) is -1.51. The summed E-state index contributed by atoms with van der Waals surface area (Å²) >= 11 is 0. The van der Waals surface area contributed by atoms with Crippen LogP contribution >= 0.6 is 0 Å². The van der Waals surface area contributed by atoms with E-state index in [4.69, 9.17) is 4.74 Å². The second-order valence-corrected chi connectivity index (χ2v) is 10.0. The second kappa shape index (κ2) is 7.13. The molecule has 4 heterocycles. The van der Waals surface area contributed by atoms with Crippen molar-refractivity contribution in [1.82, 2.24) is 9.21 Å². The van der Waals surface area contributed by atoms with Crippen LogP contribution in [0.2, 0.25) is 0 Å². The first-order valence-corrected chi connectivity index (χ1v) is 11.5. The lowest BCUT2D eigenvalue weighted by Gasteiger charge is -2.51. The maximum Gasteiger partial charge on any atom is 0.214 e. The minimum Gasteiger partial charge on any atom is -0.497 e. The zero-order valence-electron chi connectivity index (χ0n) is 15.8. The van der Waals surface area contributed by atoms with Gasteiger partial charge in [0, 0.05) is 24.5 Å². The molecule has 3 atom stereocenters.